The van der Waals surface area contributed by atoms with Crippen LogP contribution in [0.1, 0.15) is 46.0 Å². The van der Waals surface area contributed by atoms with Crippen LogP contribution >= 0.6 is 0 Å². The molecule has 14 heavy (non-hydrogen) atoms. The van der Waals surface area contributed by atoms with Crippen molar-refractivity contribution in [1.29, 1.82) is 0 Å². The minimum absolute atomic E-state index is 0.546. The van der Waals surface area contributed by atoms with E-state index in [4.69, 9.17) is 0 Å². The number of likely N-dealkylation sites (tertiary alicyclic amines) is 1. The molecule has 0 atom stereocenters. The summed E-state index contributed by atoms with van der Waals surface area (Å²) in [7, 11) is 2.23. The van der Waals surface area contributed by atoms with Gasteiger partial charge in [0.1, 0.15) is 0 Å². The molecular formula is C12H26N2. The fraction of sp³-hybridized carbons (Fsp3) is 1.00. The molecule has 2 aliphatic rings. The molecule has 2 nitrogen and oxygen atoms in total. The maximum atomic E-state index is 3.73. The second kappa shape index (κ2) is 5.72. The van der Waals surface area contributed by atoms with Gasteiger partial charge in [-0.15, -0.1) is 0 Å². The van der Waals surface area contributed by atoms with Gasteiger partial charge < -0.3 is 10.2 Å². The number of hydrogen-bond donors (Lipinski definition) is 1. The van der Waals surface area contributed by atoms with Crippen LogP contribution in [-0.4, -0.2) is 37.1 Å². The normalized spacial score (nSPS) is 26.8. The quantitative estimate of drug-likeness (QED) is 0.642. The van der Waals surface area contributed by atoms with Gasteiger partial charge in [-0.05, 0) is 52.4 Å². The Balaban J connectivity index is 0.000000461. The Morgan fingerprint density at radius 1 is 1.00 bits per heavy atom. The van der Waals surface area contributed by atoms with Gasteiger partial charge in [0.25, 0.3) is 0 Å². The average molecular weight is 198 g/mol. The summed E-state index contributed by atoms with van der Waals surface area (Å²) in [6.07, 6.45) is 6.97. The minimum atomic E-state index is 0.546. The van der Waals surface area contributed by atoms with Crippen LogP contribution in [0, 0.1) is 0 Å². The molecule has 2 heteroatoms. The van der Waals surface area contributed by atoms with Crippen LogP contribution in [0.2, 0.25) is 0 Å². The van der Waals surface area contributed by atoms with Crippen molar-refractivity contribution in [2.45, 2.75) is 51.5 Å². The number of hydrogen-bond acceptors (Lipinski definition) is 2. The minimum Gasteiger partial charge on any atom is -0.311 e. The highest BCUT2D eigenvalue weighted by atomic mass is 15.1. The Kier molecular flexibility index (Phi) is 4.90. The Morgan fingerprint density at radius 3 is 2.14 bits per heavy atom. The highest BCUT2D eigenvalue weighted by Gasteiger charge is 2.33. The molecular weight excluding hydrogens is 172 g/mol. The summed E-state index contributed by atoms with van der Waals surface area (Å²) < 4.78 is 0. The van der Waals surface area contributed by atoms with Crippen molar-refractivity contribution in [3.8, 4) is 0 Å². The molecule has 1 N–H and O–H groups in total. The lowest BCUT2D eigenvalue weighted by molar-refractivity contribution is 0.129. The van der Waals surface area contributed by atoms with Crippen molar-refractivity contribution in [2.75, 3.05) is 26.7 Å². The fourth-order valence-corrected chi connectivity index (χ4v) is 2.50. The largest absolute Gasteiger partial charge is 0.311 e. The standard InChI is InChI=1S/C10H20N2.C2H6/c1-12-8-5-10(6-9-12)4-2-3-7-11-10;1-2/h11H,2-9H2,1H3;1-2H3. The van der Waals surface area contributed by atoms with Gasteiger partial charge in [-0.3, -0.25) is 0 Å². The van der Waals surface area contributed by atoms with Crippen molar-refractivity contribution in [2.24, 2.45) is 0 Å². The van der Waals surface area contributed by atoms with E-state index >= 15 is 0 Å². The van der Waals surface area contributed by atoms with E-state index in [0.717, 1.165) is 0 Å². The third kappa shape index (κ3) is 2.96. The molecule has 2 aliphatic heterocycles. The Labute approximate surface area is 89.1 Å². The van der Waals surface area contributed by atoms with Crippen LogP contribution in [-0.2, 0) is 0 Å². The summed E-state index contributed by atoms with van der Waals surface area (Å²) in [5.74, 6) is 0. The summed E-state index contributed by atoms with van der Waals surface area (Å²) >= 11 is 0. The van der Waals surface area contributed by atoms with Gasteiger partial charge in [0, 0.05) is 5.54 Å². The van der Waals surface area contributed by atoms with Crippen molar-refractivity contribution in [1.82, 2.24) is 10.2 Å². The van der Waals surface area contributed by atoms with E-state index < -0.39 is 0 Å². The van der Waals surface area contributed by atoms with Gasteiger partial charge in [-0.1, -0.05) is 20.3 Å². The Bertz CT molecular complexity index is 140. The predicted molar refractivity (Wildman–Crippen MR) is 62.7 cm³/mol. The average Bonchev–Trinajstić information content (AvgIpc) is 2.27. The lowest BCUT2D eigenvalue weighted by Crippen LogP contribution is -2.54. The lowest BCUT2D eigenvalue weighted by atomic mass is 9.81. The summed E-state index contributed by atoms with van der Waals surface area (Å²) in [5.41, 5.74) is 0.546. The number of nitrogens with one attached hydrogen (secondary N) is 1. The molecule has 0 radical (unpaired) electrons. The highest BCUT2D eigenvalue weighted by molar-refractivity contribution is 4.94. The molecule has 0 unspecified atom stereocenters. The van der Waals surface area contributed by atoms with Crippen molar-refractivity contribution < 1.29 is 0 Å². The number of piperidine rings is 2. The second-order valence-corrected chi connectivity index (χ2v) is 4.47. The Morgan fingerprint density at radius 2 is 1.64 bits per heavy atom. The van der Waals surface area contributed by atoms with E-state index in [0.29, 0.717) is 5.54 Å². The topological polar surface area (TPSA) is 15.3 Å². The van der Waals surface area contributed by atoms with Crippen molar-refractivity contribution in [3.63, 3.8) is 0 Å². The van der Waals surface area contributed by atoms with Crippen molar-refractivity contribution >= 4 is 0 Å². The zero-order valence-electron chi connectivity index (χ0n) is 10.1. The molecule has 2 fully saturated rings. The second-order valence-electron chi connectivity index (χ2n) is 4.47. The third-order valence-corrected chi connectivity index (χ3v) is 3.53. The Hall–Kier alpha value is -0.0800. The molecule has 0 aromatic carbocycles. The van der Waals surface area contributed by atoms with Crippen molar-refractivity contribution in [3.05, 3.63) is 0 Å². The smallest absolute Gasteiger partial charge is 0.0205 e. The molecule has 0 aromatic heterocycles. The van der Waals surface area contributed by atoms with Crippen LogP contribution in [0.4, 0.5) is 0 Å². The molecule has 2 rings (SSSR count). The SMILES string of the molecule is CC.CN1CCC2(CCCCN2)CC1. The fourth-order valence-electron chi connectivity index (χ4n) is 2.50. The zero-order chi connectivity index (χ0) is 10.4. The van der Waals surface area contributed by atoms with E-state index in [1.54, 1.807) is 0 Å². The van der Waals surface area contributed by atoms with Gasteiger partial charge in [-0.2, -0.15) is 0 Å². The van der Waals surface area contributed by atoms with Crippen LogP contribution in [0.3, 0.4) is 0 Å². The molecule has 0 aliphatic carbocycles. The molecule has 0 aromatic rings. The van der Waals surface area contributed by atoms with Gasteiger partial charge >= 0.3 is 0 Å². The maximum absolute atomic E-state index is 3.73. The summed E-state index contributed by atoms with van der Waals surface area (Å²) in [4.78, 5) is 2.45. The summed E-state index contributed by atoms with van der Waals surface area (Å²) in [6.45, 7) is 7.82. The molecule has 0 bridgehead atoms. The van der Waals surface area contributed by atoms with E-state index in [9.17, 15) is 0 Å². The highest BCUT2D eigenvalue weighted by Crippen LogP contribution is 2.29. The van der Waals surface area contributed by atoms with Gasteiger partial charge in [0.15, 0.2) is 0 Å². The number of rotatable bonds is 0. The zero-order valence-corrected chi connectivity index (χ0v) is 10.1. The molecule has 84 valence electrons. The molecule has 2 heterocycles. The summed E-state index contributed by atoms with van der Waals surface area (Å²) in [5, 5.41) is 3.73. The van der Waals surface area contributed by atoms with E-state index in [-0.39, 0.29) is 0 Å². The van der Waals surface area contributed by atoms with E-state index in [1.165, 1.54) is 51.7 Å². The van der Waals surface area contributed by atoms with Crippen LogP contribution in [0.25, 0.3) is 0 Å². The first-order chi connectivity index (χ1) is 6.81. The predicted octanol–water partition coefficient (Wildman–Crippen LogP) is 2.25. The van der Waals surface area contributed by atoms with Crippen LogP contribution < -0.4 is 5.32 Å². The molecule has 1 spiro atoms. The lowest BCUT2D eigenvalue weighted by Gasteiger charge is -2.44. The first kappa shape index (κ1) is 12.0. The van der Waals surface area contributed by atoms with Gasteiger partial charge in [0.05, 0.1) is 0 Å². The number of nitrogens with zero attached hydrogens (tertiary/aromatic N) is 1. The first-order valence-corrected chi connectivity index (χ1v) is 6.24. The molecule has 0 amide bonds. The third-order valence-electron chi connectivity index (χ3n) is 3.53. The monoisotopic (exact) mass is 198 g/mol. The summed E-state index contributed by atoms with van der Waals surface area (Å²) in [6, 6.07) is 0. The maximum Gasteiger partial charge on any atom is 0.0205 e. The van der Waals surface area contributed by atoms with E-state index in [2.05, 4.69) is 17.3 Å². The first-order valence-electron chi connectivity index (χ1n) is 6.24. The van der Waals surface area contributed by atoms with Crippen LogP contribution in [0.15, 0.2) is 0 Å². The van der Waals surface area contributed by atoms with Crippen LogP contribution in [0.5, 0.6) is 0 Å². The van der Waals surface area contributed by atoms with Gasteiger partial charge in [-0.25, -0.2) is 0 Å². The molecule has 2 saturated heterocycles. The van der Waals surface area contributed by atoms with E-state index in [1.807, 2.05) is 13.8 Å². The van der Waals surface area contributed by atoms with Gasteiger partial charge in [0.2, 0.25) is 0 Å². The molecule has 0 saturated carbocycles.